The van der Waals surface area contributed by atoms with E-state index in [9.17, 15) is 9.59 Å². The van der Waals surface area contributed by atoms with E-state index in [0.717, 1.165) is 18.7 Å². The molecule has 2 atom stereocenters. The van der Waals surface area contributed by atoms with Crippen LogP contribution in [0.1, 0.15) is 33.6 Å². The van der Waals surface area contributed by atoms with E-state index in [4.69, 9.17) is 0 Å². The van der Waals surface area contributed by atoms with Crippen molar-refractivity contribution in [1.29, 1.82) is 0 Å². The Morgan fingerprint density at radius 2 is 2.11 bits per heavy atom. The third kappa shape index (κ3) is 3.90. The molecule has 1 saturated heterocycles. The Kier molecular flexibility index (Phi) is 5.99. The maximum absolute atomic E-state index is 12.4. The van der Waals surface area contributed by atoms with Gasteiger partial charge in [0.1, 0.15) is 6.04 Å². The molecule has 18 heavy (non-hydrogen) atoms. The van der Waals surface area contributed by atoms with Gasteiger partial charge in [0.25, 0.3) is 0 Å². The Hall–Kier alpha value is -0.710. The van der Waals surface area contributed by atoms with Gasteiger partial charge in [-0.25, -0.2) is 0 Å². The van der Waals surface area contributed by atoms with Gasteiger partial charge in [-0.15, -0.1) is 0 Å². The van der Waals surface area contributed by atoms with Gasteiger partial charge in [0, 0.05) is 19.0 Å². The average molecular weight is 272 g/mol. The summed E-state index contributed by atoms with van der Waals surface area (Å²) in [6.07, 6.45) is 3.46. The van der Waals surface area contributed by atoms with Crippen molar-refractivity contribution < 1.29 is 9.59 Å². The predicted octanol–water partition coefficient (Wildman–Crippen LogP) is 1.50. The Bertz CT molecular complexity index is 307. The lowest BCUT2D eigenvalue weighted by molar-refractivity contribution is -0.136. The molecular formula is C13H24N2O2S. The molecule has 1 aliphatic rings. The highest BCUT2D eigenvalue weighted by Crippen LogP contribution is 2.16. The normalized spacial score (nSPS) is 25.3. The first-order valence-corrected chi connectivity index (χ1v) is 7.95. The molecule has 1 N–H and O–H groups in total. The molecule has 0 aromatic rings. The molecule has 0 radical (unpaired) electrons. The summed E-state index contributed by atoms with van der Waals surface area (Å²) >= 11 is 1.78. The lowest BCUT2D eigenvalue weighted by Gasteiger charge is -2.29. The summed E-state index contributed by atoms with van der Waals surface area (Å²) in [7, 11) is 0. The van der Waals surface area contributed by atoms with E-state index >= 15 is 0 Å². The zero-order valence-electron chi connectivity index (χ0n) is 11.7. The zero-order valence-corrected chi connectivity index (χ0v) is 12.5. The quantitative estimate of drug-likeness (QED) is 0.772. The lowest BCUT2D eigenvalue weighted by Crippen LogP contribution is -2.49. The number of hydrogen-bond donors (Lipinski definition) is 1. The molecular weight excluding hydrogens is 248 g/mol. The summed E-state index contributed by atoms with van der Waals surface area (Å²) in [4.78, 5) is 26.1. The Labute approximate surface area is 114 Å². The van der Waals surface area contributed by atoms with E-state index in [0.29, 0.717) is 6.42 Å². The third-order valence-electron chi connectivity index (χ3n) is 3.29. The molecule has 1 heterocycles. The number of amides is 2. The molecule has 2 amide bonds. The molecule has 1 rings (SSSR count). The summed E-state index contributed by atoms with van der Waals surface area (Å²) in [6, 6.07) is -0.361. The van der Waals surface area contributed by atoms with Gasteiger partial charge in [0.2, 0.25) is 11.8 Å². The summed E-state index contributed by atoms with van der Waals surface area (Å²) in [6.45, 7) is 6.65. The number of carbonyl (C=O) groups is 2. The van der Waals surface area contributed by atoms with E-state index in [1.807, 2.05) is 25.7 Å². The van der Waals surface area contributed by atoms with Gasteiger partial charge < -0.3 is 10.2 Å². The van der Waals surface area contributed by atoms with Crippen LogP contribution in [0.5, 0.6) is 0 Å². The molecule has 1 aliphatic heterocycles. The van der Waals surface area contributed by atoms with E-state index in [1.165, 1.54) is 0 Å². The van der Waals surface area contributed by atoms with Gasteiger partial charge in [-0.2, -0.15) is 11.8 Å². The van der Waals surface area contributed by atoms with Crippen LogP contribution in [-0.2, 0) is 9.59 Å². The van der Waals surface area contributed by atoms with Gasteiger partial charge in [-0.05, 0) is 31.3 Å². The van der Waals surface area contributed by atoms with Crippen LogP contribution in [0.25, 0.3) is 0 Å². The summed E-state index contributed by atoms with van der Waals surface area (Å²) in [5, 5.41) is 2.84. The predicted molar refractivity (Wildman–Crippen MR) is 75.6 cm³/mol. The van der Waals surface area contributed by atoms with Crippen LogP contribution in [-0.4, -0.2) is 47.4 Å². The van der Waals surface area contributed by atoms with Crippen LogP contribution in [0.4, 0.5) is 0 Å². The largest absolute Gasteiger partial charge is 0.344 e. The van der Waals surface area contributed by atoms with Crippen LogP contribution in [0.3, 0.4) is 0 Å². The van der Waals surface area contributed by atoms with Crippen LogP contribution in [0.2, 0.25) is 0 Å². The van der Waals surface area contributed by atoms with Gasteiger partial charge in [-0.3, -0.25) is 9.59 Å². The van der Waals surface area contributed by atoms with Gasteiger partial charge >= 0.3 is 0 Å². The number of nitrogens with zero attached hydrogens (tertiary/aromatic N) is 1. The second kappa shape index (κ2) is 7.02. The Morgan fingerprint density at radius 1 is 1.44 bits per heavy atom. The van der Waals surface area contributed by atoms with Gasteiger partial charge in [-0.1, -0.05) is 13.8 Å². The van der Waals surface area contributed by atoms with Crippen molar-refractivity contribution in [2.24, 2.45) is 5.92 Å². The monoisotopic (exact) mass is 272 g/mol. The molecule has 4 nitrogen and oxygen atoms in total. The van der Waals surface area contributed by atoms with Crippen molar-refractivity contribution >= 4 is 23.6 Å². The number of carbonyl (C=O) groups excluding carboxylic acids is 2. The van der Waals surface area contributed by atoms with Crippen LogP contribution >= 0.6 is 11.8 Å². The van der Waals surface area contributed by atoms with E-state index in [-0.39, 0.29) is 29.8 Å². The molecule has 0 aromatic carbocycles. The molecule has 1 fully saturated rings. The summed E-state index contributed by atoms with van der Waals surface area (Å²) in [5.41, 5.74) is 0. The van der Waals surface area contributed by atoms with Crippen molar-refractivity contribution in [2.75, 3.05) is 18.6 Å². The minimum Gasteiger partial charge on any atom is -0.344 e. The van der Waals surface area contributed by atoms with Crippen LogP contribution in [0.15, 0.2) is 0 Å². The molecule has 2 unspecified atom stereocenters. The molecule has 0 saturated carbocycles. The highest BCUT2D eigenvalue weighted by atomic mass is 32.2. The fourth-order valence-electron chi connectivity index (χ4n) is 2.23. The smallest absolute Gasteiger partial charge is 0.245 e. The van der Waals surface area contributed by atoms with Crippen molar-refractivity contribution in [1.82, 2.24) is 10.2 Å². The summed E-state index contributed by atoms with van der Waals surface area (Å²) in [5.74, 6) is 1.24. The number of rotatable bonds is 5. The first kappa shape index (κ1) is 15.3. The minimum absolute atomic E-state index is 0.00288. The van der Waals surface area contributed by atoms with Gasteiger partial charge in [0.15, 0.2) is 0 Å². The van der Waals surface area contributed by atoms with Crippen LogP contribution < -0.4 is 5.32 Å². The van der Waals surface area contributed by atoms with E-state index < -0.39 is 0 Å². The average Bonchev–Trinajstić information content (AvgIpc) is 2.39. The van der Waals surface area contributed by atoms with Crippen molar-refractivity contribution in [3.63, 3.8) is 0 Å². The van der Waals surface area contributed by atoms with Crippen LogP contribution in [0, 0.1) is 5.92 Å². The topological polar surface area (TPSA) is 49.4 Å². The molecule has 0 spiro atoms. The first-order valence-electron chi connectivity index (χ1n) is 6.56. The Morgan fingerprint density at radius 3 is 2.67 bits per heavy atom. The summed E-state index contributed by atoms with van der Waals surface area (Å²) < 4.78 is 0. The second-order valence-corrected chi connectivity index (χ2v) is 6.21. The second-order valence-electron chi connectivity index (χ2n) is 5.22. The van der Waals surface area contributed by atoms with E-state index in [1.54, 1.807) is 11.8 Å². The number of nitrogens with one attached hydrogen (secondary N) is 1. The zero-order chi connectivity index (χ0) is 13.7. The van der Waals surface area contributed by atoms with E-state index in [2.05, 4.69) is 11.6 Å². The fraction of sp³-hybridized carbons (Fsp3) is 0.846. The fourth-order valence-corrected chi connectivity index (χ4v) is 2.65. The standard InChI is InChI=1S/C13H24N2O2S/c1-9(2)12-13(17)15(6-5-7-18-4)10(3)8-11(16)14-12/h9-10,12H,5-8H2,1-4H3,(H,14,16). The Balaban J connectivity index is 2.77. The highest BCUT2D eigenvalue weighted by Gasteiger charge is 2.34. The van der Waals surface area contributed by atoms with Crippen molar-refractivity contribution in [2.45, 2.75) is 45.7 Å². The number of hydrogen-bond acceptors (Lipinski definition) is 3. The molecule has 0 bridgehead atoms. The molecule has 0 aliphatic carbocycles. The minimum atomic E-state index is -0.364. The maximum atomic E-state index is 12.4. The third-order valence-corrected chi connectivity index (χ3v) is 3.99. The van der Waals surface area contributed by atoms with Gasteiger partial charge in [0.05, 0.1) is 0 Å². The molecule has 0 aromatic heterocycles. The SMILES string of the molecule is CSCCCN1C(=O)C(C(C)C)NC(=O)CC1C. The maximum Gasteiger partial charge on any atom is 0.245 e. The van der Waals surface area contributed by atoms with Crippen molar-refractivity contribution in [3.8, 4) is 0 Å². The molecule has 104 valence electrons. The number of thioether (sulfide) groups is 1. The molecule has 5 heteroatoms. The lowest BCUT2D eigenvalue weighted by atomic mass is 10.0. The van der Waals surface area contributed by atoms with Crippen molar-refractivity contribution in [3.05, 3.63) is 0 Å². The highest BCUT2D eigenvalue weighted by molar-refractivity contribution is 7.98. The first-order chi connectivity index (χ1) is 8.47.